The van der Waals surface area contributed by atoms with Crippen molar-refractivity contribution in [1.82, 2.24) is 25.1 Å². The maximum atomic E-state index is 13.5. The summed E-state index contributed by atoms with van der Waals surface area (Å²) in [6.07, 6.45) is 58.4. The molecule has 5 fully saturated rings. The molecule has 4 heterocycles. The van der Waals surface area contributed by atoms with Crippen LogP contribution < -0.4 is 49.2 Å². The average Bonchev–Trinajstić information content (AvgIpc) is 1.77. The number of tetrazole rings is 1. The number of hydrogen-bond donors (Lipinski definition) is 2. The van der Waals surface area contributed by atoms with Crippen LogP contribution in [0, 0.1) is 131 Å². The minimum atomic E-state index is -0.763. The van der Waals surface area contributed by atoms with E-state index < -0.39 is 59.5 Å². The molecular formula is C112H125N11O17S3. The molecule has 4 aromatic heterocycles. The molecule has 31 heteroatoms. The van der Waals surface area contributed by atoms with Crippen LogP contribution in [0.5, 0.6) is 28.7 Å². The Labute approximate surface area is 850 Å². The maximum absolute atomic E-state index is 13.5. The fourth-order valence-electron chi connectivity index (χ4n) is 18.9. The third-order valence-corrected chi connectivity index (χ3v) is 28.6. The molecule has 0 radical (unpaired) electrons. The van der Waals surface area contributed by atoms with E-state index in [4.69, 9.17) is 63.2 Å². The number of nitrogens with zero attached hydrogens (tertiary/aromatic N) is 10. The van der Waals surface area contributed by atoms with Crippen LogP contribution >= 0.6 is 34.0 Å². The van der Waals surface area contributed by atoms with Gasteiger partial charge < -0.3 is 34.7 Å². The molecule has 3 N–H and O–H groups in total. The number of aromatic nitrogens is 4. The van der Waals surface area contributed by atoms with Gasteiger partial charge in [-0.2, -0.15) is 0 Å². The van der Waals surface area contributed by atoms with Crippen molar-refractivity contribution in [3.8, 4) is 108 Å². The zero-order valence-electron chi connectivity index (χ0n) is 82.6. The number of carbonyl (C=O) groups excluding carboxylic acids is 12. The van der Waals surface area contributed by atoms with Crippen LogP contribution in [0.1, 0.15) is 216 Å². The Morgan fingerprint density at radius 1 is 0.413 bits per heavy atom. The van der Waals surface area contributed by atoms with E-state index in [2.05, 4.69) is 45.1 Å². The zero-order valence-corrected chi connectivity index (χ0v) is 85.0. The summed E-state index contributed by atoms with van der Waals surface area (Å²) in [5, 5.41) is 26.6. The summed E-state index contributed by atoms with van der Waals surface area (Å²) in [6.45, 7) is 7.20. The molecule has 3 atom stereocenters. The van der Waals surface area contributed by atoms with Gasteiger partial charge in [-0.3, -0.25) is 82.0 Å². The van der Waals surface area contributed by atoms with E-state index in [1.54, 1.807) is 102 Å². The lowest BCUT2D eigenvalue weighted by atomic mass is 9.95. The lowest BCUT2D eigenvalue weighted by molar-refractivity contribution is -0.134. The summed E-state index contributed by atoms with van der Waals surface area (Å²) in [5.74, 6) is 13.6. The van der Waals surface area contributed by atoms with Crippen molar-refractivity contribution in [3.05, 3.63) is 187 Å². The molecule has 5 aliphatic rings. The summed E-state index contributed by atoms with van der Waals surface area (Å²) in [4.78, 5) is 159. The Hall–Kier alpha value is -14.7. The van der Waals surface area contributed by atoms with Gasteiger partial charge in [0.05, 0.1) is 52.9 Å². The Bertz CT molecular complexity index is 6140. The number of terminal acetylenes is 6. The number of ether oxygens (including phenoxy) is 4. The number of thiophene rings is 3. The van der Waals surface area contributed by atoms with Crippen LogP contribution in [0.25, 0.3) is 5.69 Å². The largest absolute Gasteiger partial charge is 0.508 e. The second-order valence-corrected chi connectivity index (χ2v) is 38.8. The van der Waals surface area contributed by atoms with Crippen LogP contribution in [-0.2, 0) is 57.5 Å². The van der Waals surface area contributed by atoms with E-state index >= 15 is 0 Å². The van der Waals surface area contributed by atoms with Crippen molar-refractivity contribution in [2.24, 2.45) is 35.3 Å². The number of rotatable bonds is 35. The van der Waals surface area contributed by atoms with Gasteiger partial charge in [0.2, 0.25) is 5.91 Å². The zero-order chi connectivity index (χ0) is 104. The first-order valence-electron chi connectivity index (χ1n) is 47.7. The highest BCUT2D eigenvalue weighted by Gasteiger charge is 2.39. The Kier molecular flexibility index (Phi) is 44.3. The van der Waals surface area contributed by atoms with Crippen LogP contribution in [-0.4, -0.2) is 156 Å². The highest BCUT2D eigenvalue weighted by molar-refractivity contribution is 7.10. The predicted octanol–water partition coefficient (Wildman–Crippen LogP) is 17.9. The van der Waals surface area contributed by atoms with Crippen molar-refractivity contribution < 1.29 is 81.6 Å². The summed E-state index contributed by atoms with van der Waals surface area (Å²) in [6, 6.07) is 34.8. The molecule has 143 heavy (non-hydrogen) atoms. The lowest BCUT2D eigenvalue weighted by Gasteiger charge is -2.30. The average molecular weight is 1990 g/mol. The second-order valence-electron chi connectivity index (χ2n) is 35.8. The van der Waals surface area contributed by atoms with Crippen molar-refractivity contribution >= 4 is 133 Å². The number of amides is 7. The van der Waals surface area contributed by atoms with Crippen LogP contribution in [0.2, 0.25) is 0 Å². The topological polar surface area (TPSA) is 351 Å². The molecule has 5 saturated carbocycles. The van der Waals surface area contributed by atoms with E-state index in [-0.39, 0.29) is 54.3 Å². The smallest absolute Gasteiger partial charge is 0.303 e. The molecule has 748 valence electrons. The molecule has 3 unspecified atom stereocenters. The number of aromatic hydroxyl groups is 1. The number of phenols is 1. The number of hydrogen-bond acceptors (Lipinski definition) is 23. The van der Waals surface area contributed by atoms with Crippen LogP contribution in [0.4, 0.5) is 28.4 Å². The van der Waals surface area contributed by atoms with E-state index in [1.165, 1.54) is 127 Å². The number of phenolic OH excluding ortho intramolecular Hbond substituents is 1. The molecule has 5 aliphatic carbocycles. The van der Waals surface area contributed by atoms with E-state index in [0.29, 0.717) is 113 Å². The van der Waals surface area contributed by atoms with Crippen molar-refractivity contribution in [2.45, 2.75) is 206 Å². The number of primary amides is 1. The minimum Gasteiger partial charge on any atom is -0.508 e. The molecule has 7 amide bonds. The summed E-state index contributed by atoms with van der Waals surface area (Å²) >= 11 is 4.37. The summed E-state index contributed by atoms with van der Waals surface area (Å²) < 4.78 is 22.7. The minimum absolute atomic E-state index is 0.00318. The normalized spacial score (nSPS) is 14.3. The number of nitrogens with two attached hydrogens (primary N) is 1. The number of anilines is 5. The summed E-state index contributed by atoms with van der Waals surface area (Å²) in [7, 11) is 7.84. The first-order valence-corrected chi connectivity index (χ1v) is 50.3. The molecule has 0 saturated heterocycles. The van der Waals surface area contributed by atoms with Gasteiger partial charge in [0.1, 0.15) is 48.2 Å². The molecule has 9 aromatic rings. The fraction of sp³-hybridized carbons (Fsp3) is 0.402. The molecule has 0 spiro atoms. The quantitative estimate of drug-likeness (QED) is 0.0348. The first kappa shape index (κ1) is 112. The monoisotopic (exact) mass is 1990 g/mol. The van der Waals surface area contributed by atoms with E-state index in [1.807, 2.05) is 91.4 Å². The van der Waals surface area contributed by atoms with Gasteiger partial charge in [0.15, 0.2) is 40.4 Å². The highest BCUT2D eigenvalue weighted by atomic mass is 32.1. The second kappa shape index (κ2) is 56.6. The first-order chi connectivity index (χ1) is 68.8. The maximum Gasteiger partial charge on any atom is 0.303 e. The van der Waals surface area contributed by atoms with Crippen LogP contribution in [0.15, 0.2) is 150 Å². The van der Waals surface area contributed by atoms with Gasteiger partial charge in [0, 0.05) is 88.7 Å². The molecular weight excluding hydrogens is 1870 g/mol. The fourth-order valence-corrected chi connectivity index (χ4v) is 21.4. The van der Waals surface area contributed by atoms with Gasteiger partial charge in [0.25, 0.3) is 5.91 Å². The number of likely N-dealkylation sites (N-methyl/N-ethyl adjacent to an activating group) is 1. The third-order valence-electron chi connectivity index (χ3n) is 25.9. The van der Waals surface area contributed by atoms with Crippen molar-refractivity contribution in [3.63, 3.8) is 0 Å². The lowest BCUT2D eigenvalue weighted by Crippen LogP contribution is -2.38. The van der Waals surface area contributed by atoms with E-state index in [0.717, 1.165) is 137 Å². The molecule has 14 rings (SSSR count). The van der Waals surface area contributed by atoms with Gasteiger partial charge in [-0.15, -0.1) is 77.6 Å². The van der Waals surface area contributed by atoms with Crippen molar-refractivity contribution in [2.75, 3.05) is 79.6 Å². The molecule has 5 aromatic carbocycles. The Morgan fingerprint density at radius 3 is 1.17 bits per heavy atom. The third kappa shape index (κ3) is 32.1. The van der Waals surface area contributed by atoms with Gasteiger partial charge >= 0.3 is 29.5 Å². The number of benzene rings is 5. The van der Waals surface area contributed by atoms with Gasteiger partial charge in [-0.1, -0.05) is 153 Å². The molecule has 0 aliphatic heterocycles. The Morgan fingerprint density at radius 2 is 0.804 bits per heavy atom. The molecule has 0 bridgehead atoms. The van der Waals surface area contributed by atoms with E-state index in [9.17, 15) is 62.6 Å². The van der Waals surface area contributed by atoms with Crippen LogP contribution in [0.3, 0.4) is 0 Å². The number of ketones is 5. The standard InChI is InChI=1S/C24H27NO4S.C21H21NO3S.C19H21N5O2.C19H23NO3.C16H19NO2S.C13H14N2O3/c1-5-22(27)25(18-13-16(2)24(29-4)20(15-18)28-3)23(21-11-8-12-30-21)19(26)14-17-9-6-7-10-17;1-2-20(25)22(16-9-5-10-17(23)14-16)21(19-11-6-12-26-19)18(24)13-15-7-3-4-8-15;1-3-19(26)23(12-17(25)11-15-6-4-5-7-15)16-8-9-18(14(2)10-16)24-13-20-21-22-24;1-4-19(22)20(13-16(21)12-15-7-5-6-8-15)18-10-9-17(23-3)11-14(18)2;1-3-15(19)17(2)16(14-9-6-10-20-14)13(18)11-12-7-4-5-8-12;1-4-13(17)15(8-12(14)16)11-6-5-10(18-3)7-9(11)2/h1,8,11-13,15,17,23H,6-7,9-10,14H2,2-4H3;1,5-6,9-12,14-15,21,23H,3-4,7-8,13H2;1,8-10,13,15H,4-7,11-12H2,2H3;1,9-11,15H,5-8,12-13H2,2-3H3;1,6,9-10,12,16H,4-5,7-8,11H2,2H3;1,5-7H,8H2,2-3H3,(H2,14,16). The predicted molar refractivity (Wildman–Crippen MR) is 558 cm³/mol. The Balaban J connectivity index is 0.000000193. The molecule has 28 nitrogen and oxygen atoms in total. The number of aryl methyl sites for hydroxylation is 4. The highest BCUT2D eigenvalue weighted by Crippen LogP contribution is 2.44. The SMILES string of the molecule is C#CC(=O)N(C)C(C(=O)CC1CCCC1)c1cccs1.C#CC(=O)N(CC(=O)CC1CCCC1)c1ccc(-n2cnnn2)c(C)c1.C#CC(=O)N(CC(=O)CC1CCCC1)c1ccc(OC)cc1C.C#CC(=O)N(CC(N)=O)c1ccc(OC)cc1C.C#CC(=O)N(c1cc(C)c(OC)c(OC)c1)C(C(=O)CC1CCCC1)c1cccs1.C#CC(=O)N(c1cccc(O)c1)C(C(=O)CC1CCCC1)c1cccs1. The number of Topliss-reactive ketones (excluding diaryl/α,β-unsaturated/α-hetero) is 5. The number of methoxy groups -OCH3 is 4. The van der Waals surface area contributed by atoms with Crippen molar-refractivity contribution in [1.29, 1.82) is 0 Å². The summed E-state index contributed by atoms with van der Waals surface area (Å²) in [5.41, 5.74) is 11.9. The number of carbonyl (C=O) groups is 12. The van der Waals surface area contributed by atoms with Gasteiger partial charge in [-0.25, -0.2) is 4.68 Å². The van der Waals surface area contributed by atoms with Gasteiger partial charge in [-0.05, 0) is 233 Å².